The Kier molecular flexibility index (Phi) is 13.9. The van der Waals surface area contributed by atoms with Gasteiger partial charge in [0.15, 0.2) is 14.1 Å². The van der Waals surface area contributed by atoms with Gasteiger partial charge in [0.05, 0.1) is 31.8 Å². The van der Waals surface area contributed by atoms with E-state index in [0.717, 1.165) is 41.6 Å². The van der Waals surface area contributed by atoms with Crippen molar-refractivity contribution in [3.63, 3.8) is 0 Å². The quantitative estimate of drug-likeness (QED) is 0.112. The maximum absolute atomic E-state index is 13.5. The molecule has 0 unspecified atom stereocenters. The van der Waals surface area contributed by atoms with E-state index in [2.05, 4.69) is 53.4 Å². The van der Waals surface area contributed by atoms with Gasteiger partial charge in [0, 0.05) is 0 Å². The van der Waals surface area contributed by atoms with Crippen molar-refractivity contribution >= 4 is 21.9 Å². The summed E-state index contributed by atoms with van der Waals surface area (Å²) in [4.78, 5) is 13.5. The van der Waals surface area contributed by atoms with Gasteiger partial charge in [-0.2, -0.15) is 0 Å². The van der Waals surface area contributed by atoms with Crippen molar-refractivity contribution in [1.29, 1.82) is 0 Å². The van der Waals surface area contributed by atoms with Gasteiger partial charge in [0.1, 0.15) is 0 Å². The highest BCUT2D eigenvalue weighted by molar-refractivity contribution is 7.48. The zero-order valence-electron chi connectivity index (χ0n) is 25.8. The predicted molar refractivity (Wildman–Crippen MR) is 161 cm³/mol. The van der Waals surface area contributed by atoms with Gasteiger partial charge in [0.25, 0.3) is 0 Å². The van der Waals surface area contributed by atoms with E-state index in [1.54, 1.807) is 13.8 Å². The molecule has 0 aliphatic heterocycles. The fourth-order valence-electron chi connectivity index (χ4n) is 4.24. The van der Waals surface area contributed by atoms with Crippen LogP contribution in [0, 0.1) is 11.8 Å². The van der Waals surface area contributed by atoms with Crippen LogP contribution in [0.15, 0.2) is 47.1 Å². The van der Waals surface area contributed by atoms with Crippen LogP contribution in [0.4, 0.5) is 0 Å². The summed E-state index contributed by atoms with van der Waals surface area (Å²) < 4.78 is 35.3. The molecule has 0 aromatic heterocycles. The zero-order valence-corrected chi connectivity index (χ0v) is 27.7. The van der Waals surface area contributed by atoms with Crippen LogP contribution in [0.25, 0.3) is 0 Å². The minimum Gasteiger partial charge on any atom is -0.410 e. The van der Waals surface area contributed by atoms with Crippen molar-refractivity contribution in [2.24, 2.45) is 11.8 Å². The second kappa shape index (κ2) is 15.1. The Bertz CT molecular complexity index is 946. The molecule has 1 aliphatic carbocycles. The Morgan fingerprint density at radius 1 is 1.13 bits per heavy atom. The molecule has 8 heteroatoms. The molecule has 0 aromatic rings. The molecule has 0 N–H and O–H groups in total. The summed E-state index contributed by atoms with van der Waals surface area (Å²) in [6.07, 6.45) is 8.30. The Balaban J connectivity index is 3.12. The van der Waals surface area contributed by atoms with Gasteiger partial charge in [-0.1, -0.05) is 56.7 Å². The Morgan fingerprint density at radius 2 is 1.71 bits per heavy atom. The molecule has 0 saturated carbocycles. The second-order valence-electron chi connectivity index (χ2n) is 11.9. The maximum atomic E-state index is 13.5. The minimum absolute atomic E-state index is 0.0224. The van der Waals surface area contributed by atoms with Crippen molar-refractivity contribution in [1.82, 2.24) is 0 Å². The molecule has 218 valence electrons. The molecular formula is C30H53O6PSi. The molecule has 1 rings (SSSR count). The molecule has 0 fully saturated rings. The summed E-state index contributed by atoms with van der Waals surface area (Å²) in [5, 5.41) is 0.0224. The lowest BCUT2D eigenvalue weighted by Crippen LogP contribution is -2.49. The Hall–Kier alpha value is -1.08. The largest absolute Gasteiger partial charge is 0.475 e. The van der Waals surface area contributed by atoms with Crippen molar-refractivity contribution in [3.05, 3.63) is 47.1 Å². The highest BCUT2D eigenvalue weighted by atomic mass is 31.2. The lowest BCUT2D eigenvalue weighted by Gasteiger charge is -2.44. The highest BCUT2D eigenvalue weighted by Gasteiger charge is 2.45. The molecular weight excluding hydrogens is 515 g/mol. The minimum atomic E-state index is -3.52. The van der Waals surface area contributed by atoms with Gasteiger partial charge in [-0.3, -0.25) is 18.4 Å². The third-order valence-corrected chi connectivity index (χ3v) is 13.8. The fraction of sp³-hybridized carbons (Fsp3) is 0.700. The molecule has 6 nitrogen and oxygen atoms in total. The molecule has 3 atom stereocenters. The van der Waals surface area contributed by atoms with Crippen molar-refractivity contribution in [2.45, 2.75) is 106 Å². The molecule has 0 radical (unpaired) electrons. The average molecular weight is 569 g/mol. The third kappa shape index (κ3) is 10.1. The number of carbonyl (C=O) groups is 1. The summed E-state index contributed by atoms with van der Waals surface area (Å²) in [6, 6.07) is 0. The predicted octanol–water partition coefficient (Wildman–Crippen LogP) is 8.97. The smallest absolute Gasteiger partial charge is 0.410 e. The van der Waals surface area contributed by atoms with Crippen LogP contribution in [-0.2, 0) is 27.4 Å². The fourth-order valence-corrected chi connectivity index (χ4v) is 6.68. The van der Waals surface area contributed by atoms with Crippen LogP contribution in [0.1, 0.15) is 81.6 Å². The van der Waals surface area contributed by atoms with Crippen molar-refractivity contribution in [3.8, 4) is 0 Å². The lowest BCUT2D eigenvalue weighted by atomic mass is 9.71. The molecule has 38 heavy (non-hydrogen) atoms. The van der Waals surface area contributed by atoms with E-state index in [4.69, 9.17) is 18.0 Å². The summed E-state index contributed by atoms with van der Waals surface area (Å²) >= 11 is 0. The number of ketones is 1. The van der Waals surface area contributed by atoms with Crippen molar-refractivity contribution < 1.29 is 27.4 Å². The van der Waals surface area contributed by atoms with E-state index in [9.17, 15) is 9.36 Å². The van der Waals surface area contributed by atoms with Crippen LogP contribution < -0.4 is 0 Å². The Labute approximate surface area is 233 Å². The summed E-state index contributed by atoms with van der Waals surface area (Å²) in [6.45, 7) is 27.6. The zero-order chi connectivity index (χ0) is 29.3. The third-order valence-electron chi connectivity index (χ3n) is 7.68. The number of rotatable bonds is 15. The molecule has 0 spiro atoms. The van der Waals surface area contributed by atoms with E-state index >= 15 is 0 Å². The monoisotopic (exact) mass is 568 g/mol. The number of allylic oxidation sites excluding steroid dienone is 5. The number of hydrogen-bond acceptors (Lipinski definition) is 6. The Morgan fingerprint density at radius 3 is 2.21 bits per heavy atom. The molecule has 0 heterocycles. The molecule has 0 aromatic carbocycles. The standard InChI is InChI=1S/C30H53O6PSi/c1-13-33-37(32,34-14-2)35-21-20-23(5)16-15-17-25(7)29(36-38(11,12)30(8,9)10)27-26(22(3)4)19-18-24(6)28(27)31/h17-18,20,26-27,29H,3,13-16,19,21H2,1-2,4-12H3/b23-20+,25-17+/t26-,27-,29+/m1/s1. The summed E-state index contributed by atoms with van der Waals surface area (Å²) in [5.74, 6) is -0.0318. The van der Waals surface area contributed by atoms with Crippen LogP contribution >= 0.6 is 7.82 Å². The van der Waals surface area contributed by atoms with Gasteiger partial charge in [-0.25, -0.2) is 4.57 Å². The number of carbonyl (C=O) groups excluding carboxylic acids is 1. The average Bonchev–Trinajstić information content (AvgIpc) is 2.78. The van der Waals surface area contributed by atoms with Gasteiger partial charge < -0.3 is 4.43 Å². The maximum Gasteiger partial charge on any atom is 0.475 e. The van der Waals surface area contributed by atoms with E-state index < -0.39 is 16.1 Å². The first-order valence-corrected chi connectivity index (χ1v) is 18.3. The molecule has 0 saturated heterocycles. The normalized spacial score (nSPS) is 20.9. The van der Waals surface area contributed by atoms with Gasteiger partial charge in [-0.05, 0) is 96.0 Å². The van der Waals surface area contributed by atoms with E-state index in [-0.39, 0.29) is 48.6 Å². The second-order valence-corrected chi connectivity index (χ2v) is 18.3. The van der Waals surface area contributed by atoms with Crippen LogP contribution in [-0.4, -0.2) is 40.0 Å². The number of phosphoric ester groups is 1. The van der Waals surface area contributed by atoms with Crippen LogP contribution in [0.2, 0.25) is 18.1 Å². The van der Waals surface area contributed by atoms with Crippen LogP contribution in [0.5, 0.6) is 0 Å². The number of hydrogen-bond donors (Lipinski definition) is 0. The summed E-state index contributed by atoms with van der Waals surface area (Å²) in [5.41, 5.74) is 4.05. The molecule has 0 amide bonds. The van der Waals surface area contributed by atoms with Gasteiger partial charge in [-0.15, -0.1) is 0 Å². The SMILES string of the molecule is C=C(C)[C@H]1CC=C(C)C(=O)[C@@H]1[C@@H](O[Si](C)(C)C(C)(C)C)/C(C)=C/CC/C(C)=C/COP(=O)(OCC)OCC. The topological polar surface area (TPSA) is 71.1 Å². The number of phosphoric acid groups is 1. The van der Waals surface area contributed by atoms with Crippen molar-refractivity contribution in [2.75, 3.05) is 19.8 Å². The van der Waals surface area contributed by atoms with E-state index in [1.165, 1.54) is 0 Å². The first-order chi connectivity index (χ1) is 17.5. The highest BCUT2D eigenvalue weighted by Crippen LogP contribution is 2.49. The first kappa shape index (κ1) is 34.9. The molecule has 1 aliphatic rings. The van der Waals surface area contributed by atoms with E-state index in [1.807, 2.05) is 32.9 Å². The van der Waals surface area contributed by atoms with Gasteiger partial charge >= 0.3 is 7.82 Å². The lowest BCUT2D eigenvalue weighted by molar-refractivity contribution is -0.123. The first-order valence-electron chi connectivity index (χ1n) is 13.9. The molecule has 0 bridgehead atoms. The van der Waals surface area contributed by atoms with Crippen LogP contribution in [0.3, 0.4) is 0 Å². The summed E-state index contributed by atoms with van der Waals surface area (Å²) in [7, 11) is -5.68. The van der Waals surface area contributed by atoms with Gasteiger partial charge in [0.2, 0.25) is 0 Å². The van der Waals surface area contributed by atoms with E-state index in [0.29, 0.717) is 0 Å². The number of Topliss-reactive ketones (excluding diaryl/α,β-unsaturated/α-hetero) is 1.